The second kappa shape index (κ2) is 7.09. The Morgan fingerprint density at radius 1 is 1.21 bits per heavy atom. The number of allylic oxidation sites excluding steroid dienone is 2. The quantitative estimate of drug-likeness (QED) is 0.534. The second-order valence-corrected chi connectivity index (χ2v) is 4.74. The van der Waals surface area contributed by atoms with Crippen LogP contribution in [0.1, 0.15) is 71.6 Å². The molecule has 0 saturated heterocycles. The molecular formula is C14H26. The van der Waals surface area contributed by atoms with Crippen molar-refractivity contribution >= 4 is 0 Å². The van der Waals surface area contributed by atoms with E-state index in [1.165, 1.54) is 57.8 Å². The summed E-state index contributed by atoms with van der Waals surface area (Å²) in [6.45, 7) is 4.60. The van der Waals surface area contributed by atoms with E-state index in [0.717, 1.165) is 5.92 Å². The number of rotatable bonds is 5. The van der Waals surface area contributed by atoms with Crippen LogP contribution in [0, 0.1) is 5.92 Å². The van der Waals surface area contributed by atoms with Gasteiger partial charge in [0.25, 0.3) is 0 Å². The van der Waals surface area contributed by atoms with Crippen molar-refractivity contribution in [2.45, 2.75) is 71.6 Å². The van der Waals surface area contributed by atoms with E-state index in [1.54, 1.807) is 5.57 Å². The van der Waals surface area contributed by atoms with Crippen molar-refractivity contribution in [3.8, 4) is 0 Å². The van der Waals surface area contributed by atoms with Gasteiger partial charge in [-0.3, -0.25) is 0 Å². The Kier molecular flexibility index (Phi) is 5.98. The first-order chi connectivity index (χ1) is 6.86. The fourth-order valence-corrected chi connectivity index (χ4v) is 2.49. The van der Waals surface area contributed by atoms with Crippen LogP contribution in [-0.2, 0) is 0 Å². The number of unbranched alkanes of at least 4 members (excludes halogenated alkanes) is 1. The zero-order chi connectivity index (χ0) is 10.2. The molecule has 1 rings (SSSR count). The Hall–Kier alpha value is -0.260. The monoisotopic (exact) mass is 194 g/mol. The molecule has 1 atom stereocenters. The lowest BCUT2D eigenvalue weighted by molar-refractivity contribution is 0.416. The highest BCUT2D eigenvalue weighted by atomic mass is 14.2. The molecule has 0 bridgehead atoms. The SMILES string of the molecule is CCCCC1CCC=C(CCC)CC1. The lowest BCUT2D eigenvalue weighted by Crippen LogP contribution is -1.98. The minimum atomic E-state index is 1.03. The molecule has 1 aliphatic carbocycles. The van der Waals surface area contributed by atoms with Crippen molar-refractivity contribution in [1.29, 1.82) is 0 Å². The Morgan fingerprint density at radius 2 is 2.07 bits per heavy atom. The van der Waals surface area contributed by atoms with Crippen LogP contribution < -0.4 is 0 Å². The molecule has 0 nitrogen and oxygen atoms in total. The van der Waals surface area contributed by atoms with Gasteiger partial charge in [0.05, 0.1) is 0 Å². The summed E-state index contributed by atoms with van der Waals surface area (Å²) in [5.74, 6) is 1.03. The highest BCUT2D eigenvalue weighted by Crippen LogP contribution is 2.28. The molecule has 0 heterocycles. The summed E-state index contributed by atoms with van der Waals surface area (Å²) in [6, 6.07) is 0. The molecule has 0 aliphatic heterocycles. The highest BCUT2D eigenvalue weighted by molar-refractivity contribution is 5.04. The summed E-state index contributed by atoms with van der Waals surface area (Å²) in [5.41, 5.74) is 1.74. The fourth-order valence-electron chi connectivity index (χ4n) is 2.49. The second-order valence-electron chi connectivity index (χ2n) is 4.74. The van der Waals surface area contributed by atoms with Crippen molar-refractivity contribution in [1.82, 2.24) is 0 Å². The molecule has 0 N–H and O–H groups in total. The zero-order valence-corrected chi connectivity index (χ0v) is 10.0. The van der Waals surface area contributed by atoms with Crippen LogP contribution in [0.3, 0.4) is 0 Å². The van der Waals surface area contributed by atoms with E-state index in [0.29, 0.717) is 0 Å². The Labute approximate surface area is 89.8 Å². The summed E-state index contributed by atoms with van der Waals surface area (Å²) in [7, 11) is 0. The van der Waals surface area contributed by atoms with Crippen LogP contribution in [0.25, 0.3) is 0 Å². The van der Waals surface area contributed by atoms with Crippen LogP contribution in [0.4, 0.5) is 0 Å². The van der Waals surface area contributed by atoms with Crippen molar-refractivity contribution < 1.29 is 0 Å². The van der Waals surface area contributed by atoms with Gasteiger partial charge in [-0.1, -0.05) is 51.2 Å². The maximum Gasteiger partial charge on any atom is -0.0318 e. The van der Waals surface area contributed by atoms with Gasteiger partial charge in [-0.05, 0) is 38.0 Å². The molecule has 14 heavy (non-hydrogen) atoms. The molecule has 0 aromatic rings. The molecule has 82 valence electrons. The van der Waals surface area contributed by atoms with Crippen LogP contribution in [0.2, 0.25) is 0 Å². The van der Waals surface area contributed by atoms with E-state index in [2.05, 4.69) is 19.9 Å². The highest BCUT2D eigenvalue weighted by Gasteiger charge is 2.11. The Balaban J connectivity index is 2.24. The third kappa shape index (κ3) is 4.30. The molecule has 0 heteroatoms. The van der Waals surface area contributed by atoms with E-state index < -0.39 is 0 Å². The molecule has 0 amide bonds. The van der Waals surface area contributed by atoms with E-state index >= 15 is 0 Å². The summed E-state index contributed by atoms with van der Waals surface area (Å²) >= 11 is 0. The number of hydrogen-bond acceptors (Lipinski definition) is 0. The maximum atomic E-state index is 2.52. The summed E-state index contributed by atoms with van der Waals surface area (Å²) < 4.78 is 0. The van der Waals surface area contributed by atoms with E-state index in [-0.39, 0.29) is 0 Å². The molecule has 1 aliphatic rings. The summed E-state index contributed by atoms with van der Waals surface area (Å²) in [4.78, 5) is 0. The van der Waals surface area contributed by atoms with E-state index in [1.807, 2.05) is 0 Å². The number of hydrogen-bond donors (Lipinski definition) is 0. The van der Waals surface area contributed by atoms with Crippen molar-refractivity contribution in [3.63, 3.8) is 0 Å². The van der Waals surface area contributed by atoms with Gasteiger partial charge in [0.15, 0.2) is 0 Å². The summed E-state index contributed by atoms with van der Waals surface area (Å²) in [5, 5.41) is 0. The van der Waals surface area contributed by atoms with Gasteiger partial charge in [-0.25, -0.2) is 0 Å². The molecular weight excluding hydrogens is 168 g/mol. The average Bonchev–Trinajstić information content (AvgIpc) is 2.41. The lowest BCUT2D eigenvalue weighted by Gasteiger charge is -2.13. The fraction of sp³-hybridized carbons (Fsp3) is 0.857. The van der Waals surface area contributed by atoms with Gasteiger partial charge in [-0.2, -0.15) is 0 Å². The first-order valence-corrected chi connectivity index (χ1v) is 6.54. The predicted molar refractivity (Wildman–Crippen MR) is 64.5 cm³/mol. The average molecular weight is 194 g/mol. The van der Waals surface area contributed by atoms with Crippen LogP contribution in [0.15, 0.2) is 11.6 Å². The minimum Gasteiger partial charge on any atom is -0.0853 e. The van der Waals surface area contributed by atoms with Crippen molar-refractivity contribution in [3.05, 3.63) is 11.6 Å². The van der Waals surface area contributed by atoms with Crippen molar-refractivity contribution in [2.24, 2.45) is 5.92 Å². The molecule has 1 unspecified atom stereocenters. The molecule has 0 aromatic carbocycles. The van der Waals surface area contributed by atoms with Gasteiger partial charge < -0.3 is 0 Å². The Morgan fingerprint density at radius 3 is 2.79 bits per heavy atom. The smallest absolute Gasteiger partial charge is 0.0318 e. The third-order valence-corrected chi connectivity index (χ3v) is 3.42. The minimum absolute atomic E-state index is 1.03. The third-order valence-electron chi connectivity index (χ3n) is 3.42. The predicted octanol–water partition coefficient (Wildman–Crippen LogP) is 5.09. The normalized spacial score (nSPS) is 23.0. The van der Waals surface area contributed by atoms with Crippen LogP contribution >= 0.6 is 0 Å². The van der Waals surface area contributed by atoms with E-state index in [4.69, 9.17) is 0 Å². The van der Waals surface area contributed by atoms with Gasteiger partial charge >= 0.3 is 0 Å². The van der Waals surface area contributed by atoms with E-state index in [9.17, 15) is 0 Å². The Bertz CT molecular complexity index is 167. The standard InChI is InChI=1S/C14H26/c1-3-5-8-14-10-6-9-13(7-4-2)11-12-14/h9,14H,3-8,10-12H2,1-2H3. The van der Waals surface area contributed by atoms with Crippen molar-refractivity contribution in [2.75, 3.05) is 0 Å². The van der Waals surface area contributed by atoms with Gasteiger partial charge in [0.1, 0.15) is 0 Å². The zero-order valence-electron chi connectivity index (χ0n) is 10.0. The summed E-state index contributed by atoms with van der Waals surface area (Å²) in [6.07, 6.45) is 15.1. The molecule has 0 fully saturated rings. The molecule has 0 aromatic heterocycles. The first-order valence-electron chi connectivity index (χ1n) is 6.54. The van der Waals surface area contributed by atoms with Gasteiger partial charge in [0.2, 0.25) is 0 Å². The van der Waals surface area contributed by atoms with Crippen LogP contribution in [-0.4, -0.2) is 0 Å². The first kappa shape index (κ1) is 11.8. The molecule has 0 radical (unpaired) electrons. The van der Waals surface area contributed by atoms with Crippen LogP contribution in [0.5, 0.6) is 0 Å². The molecule has 0 saturated carbocycles. The lowest BCUT2D eigenvalue weighted by atomic mass is 9.93. The topological polar surface area (TPSA) is 0 Å². The largest absolute Gasteiger partial charge is 0.0853 e. The maximum absolute atomic E-state index is 2.52. The van der Waals surface area contributed by atoms with Gasteiger partial charge in [-0.15, -0.1) is 0 Å². The molecule has 0 spiro atoms. The van der Waals surface area contributed by atoms with Gasteiger partial charge in [0, 0.05) is 0 Å².